The van der Waals surface area contributed by atoms with Gasteiger partial charge in [0.1, 0.15) is 0 Å². The minimum Gasteiger partial charge on any atom is -0.352 e. The van der Waals surface area contributed by atoms with Crippen molar-refractivity contribution in [2.75, 3.05) is 11.9 Å². The van der Waals surface area contributed by atoms with Gasteiger partial charge in [0, 0.05) is 17.6 Å². The molecule has 1 N–H and O–H groups in total. The van der Waals surface area contributed by atoms with Crippen LogP contribution in [0.25, 0.3) is 0 Å². The van der Waals surface area contributed by atoms with Crippen LogP contribution in [0.2, 0.25) is 0 Å². The Morgan fingerprint density at radius 1 is 1.44 bits per heavy atom. The summed E-state index contributed by atoms with van der Waals surface area (Å²) in [5, 5.41) is 3.97. The molecule has 1 aromatic heterocycles. The lowest BCUT2D eigenvalue weighted by Crippen LogP contribution is -2.30. The Kier molecular flexibility index (Phi) is 6.33. The second kappa shape index (κ2) is 7.52. The van der Waals surface area contributed by atoms with Crippen molar-refractivity contribution in [1.82, 2.24) is 10.3 Å². The number of aryl methyl sites for hydroxylation is 2. The zero-order valence-corrected chi connectivity index (χ0v) is 12.9. The van der Waals surface area contributed by atoms with E-state index in [0.717, 1.165) is 36.1 Å². The number of alkyl halides is 1. The lowest BCUT2D eigenvalue weighted by Gasteiger charge is -2.14. The van der Waals surface area contributed by atoms with Crippen LogP contribution in [0, 0.1) is 19.8 Å². The van der Waals surface area contributed by atoms with E-state index in [0.29, 0.717) is 11.5 Å². The van der Waals surface area contributed by atoms with E-state index < -0.39 is 0 Å². The number of hydrogen-bond acceptors (Lipinski definition) is 2. The molecule has 0 spiro atoms. The van der Waals surface area contributed by atoms with Crippen molar-refractivity contribution in [3.05, 3.63) is 29.1 Å². The molecule has 3 nitrogen and oxygen atoms in total. The molecule has 4 heteroatoms. The largest absolute Gasteiger partial charge is 0.352 e. The molecule has 1 heterocycles. The van der Waals surface area contributed by atoms with E-state index >= 15 is 0 Å². The Morgan fingerprint density at radius 2 is 2.17 bits per heavy atom. The number of nitrogens with one attached hydrogen (secondary N) is 1. The van der Waals surface area contributed by atoms with E-state index in [2.05, 4.69) is 33.2 Å². The van der Waals surface area contributed by atoms with Crippen LogP contribution in [0.5, 0.6) is 0 Å². The van der Waals surface area contributed by atoms with Crippen molar-refractivity contribution < 1.29 is 4.79 Å². The van der Waals surface area contributed by atoms with Gasteiger partial charge in [0.2, 0.25) is 0 Å². The number of aromatic nitrogens is 1. The molecule has 100 valence electrons. The molecule has 0 aliphatic rings. The molecule has 0 saturated heterocycles. The Morgan fingerprint density at radius 3 is 2.72 bits per heavy atom. The van der Waals surface area contributed by atoms with Crippen molar-refractivity contribution in [3.8, 4) is 0 Å². The van der Waals surface area contributed by atoms with E-state index in [4.69, 9.17) is 0 Å². The van der Waals surface area contributed by atoms with Crippen LogP contribution < -0.4 is 5.32 Å². The van der Waals surface area contributed by atoms with Crippen LogP contribution >= 0.6 is 15.9 Å². The molecule has 1 rings (SSSR count). The van der Waals surface area contributed by atoms with Gasteiger partial charge in [0.15, 0.2) is 0 Å². The molecule has 0 aliphatic heterocycles. The van der Waals surface area contributed by atoms with Gasteiger partial charge >= 0.3 is 0 Å². The molecule has 0 fully saturated rings. The zero-order valence-electron chi connectivity index (χ0n) is 11.3. The average Bonchev–Trinajstić information content (AvgIpc) is 2.34. The molecule has 0 aromatic carbocycles. The standard InChI is InChI=1S/C14H21BrN2O/c1-4-12(7-8-15)9-16-14(18)13-6-5-10(2)17-11(13)3/h5-6,12H,4,7-9H2,1-3H3,(H,16,18). The van der Waals surface area contributed by atoms with E-state index in [1.165, 1.54) is 0 Å². The zero-order chi connectivity index (χ0) is 13.5. The molecule has 1 atom stereocenters. The van der Waals surface area contributed by atoms with Crippen LogP contribution in [-0.4, -0.2) is 22.8 Å². The number of hydrogen-bond donors (Lipinski definition) is 1. The summed E-state index contributed by atoms with van der Waals surface area (Å²) >= 11 is 3.44. The first kappa shape index (κ1) is 15.2. The Hall–Kier alpha value is -0.900. The summed E-state index contributed by atoms with van der Waals surface area (Å²) in [6, 6.07) is 3.72. The highest BCUT2D eigenvalue weighted by Crippen LogP contribution is 2.10. The predicted molar refractivity (Wildman–Crippen MR) is 78.2 cm³/mol. The molecular weight excluding hydrogens is 292 g/mol. The van der Waals surface area contributed by atoms with E-state index in [-0.39, 0.29) is 5.91 Å². The quantitative estimate of drug-likeness (QED) is 0.819. The topological polar surface area (TPSA) is 42.0 Å². The summed E-state index contributed by atoms with van der Waals surface area (Å²) in [6.45, 7) is 6.68. The van der Waals surface area contributed by atoms with Gasteiger partial charge < -0.3 is 5.32 Å². The number of pyridine rings is 1. The monoisotopic (exact) mass is 312 g/mol. The fourth-order valence-electron chi connectivity index (χ4n) is 1.86. The van der Waals surface area contributed by atoms with Crippen LogP contribution in [0.15, 0.2) is 12.1 Å². The van der Waals surface area contributed by atoms with Gasteiger partial charge in [-0.25, -0.2) is 0 Å². The molecule has 1 unspecified atom stereocenters. The van der Waals surface area contributed by atoms with Gasteiger partial charge in [-0.3, -0.25) is 9.78 Å². The minimum absolute atomic E-state index is 0.0203. The number of rotatable bonds is 6. The molecule has 1 amide bonds. The molecule has 1 aromatic rings. The van der Waals surface area contributed by atoms with Gasteiger partial charge in [-0.15, -0.1) is 0 Å². The van der Waals surface area contributed by atoms with E-state index in [1.54, 1.807) is 0 Å². The minimum atomic E-state index is -0.0203. The number of amides is 1. The average molecular weight is 313 g/mol. The normalized spacial score (nSPS) is 12.2. The maximum Gasteiger partial charge on any atom is 0.253 e. The third kappa shape index (κ3) is 4.41. The highest BCUT2D eigenvalue weighted by atomic mass is 79.9. The highest BCUT2D eigenvalue weighted by molar-refractivity contribution is 9.09. The Bertz CT molecular complexity index is 407. The molecule has 0 radical (unpaired) electrons. The molecule has 0 bridgehead atoms. The predicted octanol–water partition coefficient (Wildman–Crippen LogP) is 3.24. The number of carbonyl (C=O) groups is 1. The van der Waals surface area contributed by atoms with E-state index in [1.807, 2.05) is 26.0 Å². The summed E-state index contributed by atoms with van der Waals surface area (Å²) in [5.74, 6) is 0.514. The summed E-state index contributed by atoms with van der Waals surface area (Å²) < 4.78 is 0. The smallest absolute Gasteiger partial charge is 0.253 e. The molecule has 18 heavy (non-hydrogen) atoms. The van der Waals surface area contributed by atoms with Crippen molar-refractivity contribution in [2.24, 2.45) is 5.92 Å². The Balaban J connectivity index is 2.59. The summed E-state index contributed by atoms with van der Waals surface area (Å²) in [4.78, 5) is 16.3. The van der Waals surface area contributed by atoms with Crippen molar-refractivity contribution in [2.45, 2.75) is 33.6 Å². The van der Waals surface area contributed by atoms with Crippen molar-refractivity contribution in [1.29, 1.82) is 0 Å². The van der Waals surface area contributed by atoms with Gasteiger partial charge in [0.25, 0.3) is 5.91 Å². The number of nitrogens with zero attached hydrogens (tertiary/aromatic N) is 1. The first-order valence-corrected chi connectivity index (χ1v) is 7.49. The van der Waals surface area contributed by atoms with Gasteiger partial charge in [-0.2, -0.15) is 0 Å². The summed E-state index contributed by atoms with van der Waals surface area (Å²) in [7, 11) is 0. The second-order valence-electron chi connectivity index (χ2n) is 4.55. The van der Waals surface area contributed by atoms with E-state index in [9.17, 15) is 4.79 Å². The molecule has 0 aliphatic carbocycles. The van der Waals surface area contributed by atoms with Crippen LogP contribution in [0.3, 0.4) is 0 Å². The second-order valence-corrected chi connectivity index (χ2v) is 5.34. The fraction of sp³-hybridized carbons (Fsp3) is 0.571. The van der Waals surface area contributed by atoms with Gasteiger partial charge in [-0.1, -0.05) is 29.3 Å². The first-order chi connectivity index (χ1) is 8.58. The third-order valence-corrected chi connectivity index (χ3v) is 3.57. The lowest BCUT2D eigenvalue weighted by molar-refractivity contribution is 0.0945. The highest BCUT2D eigenvalue weighted by Gasteiger charge is 2.12. The van der Waals surface area contributed by atoms with Crippen molar-refractivity contribution in [3.63, 3.8) is 0 Å². The Labute approximate surface area is 118 Å². The lowest BCUT2D eigenvalue weighted by atomic mass is 10.0. The maximum atomic E-state index is 12.0. The fourth-order valence-corrected chi connectivity index (χ4v) is 2.51. The summed E-state index contributed by atoms with van der Waals surface area (Å²) in [6.07, 6.45) is 2.17. The molecular formula is C14H21BrN2O. The molecule has 0 saturated carbocycles. The maximum absolute atomic E-state index is 12.0. The van der Waals surface area contributed by atoms with Gasteiger partial charge in [-0.05, 0) is 38.3 Å². The van der Waals surface area contributed by atoms with Crippen LogP contribution in [-0.2, 0) is 0 Å². The third-order valence-electron chi connectivity index (χ3n) is 3.12. The number of halogens is 1. The van der Waals surface area contributed by atoms with Crippen molar-refractivity contribution >= 4 is 21.8 Å². The van der Waals surface area contributed by atoms with Crippen LogP contribution in [0.4, 0.5) is 0 Å². The van der Waals surface area contributed by atoms with Gasteiger partial charge in [0.05, 0.1) is 11.3 Å². The summed E-state index contributed by atoms with van der Waals surface area (Å²) in [5.41, 5.74) is 2.41. The first-order valence-electron chi connectivity index (χ1n) is 6.36. The number of carbonyl (C=O) groups excluding carboxylic acids is 1. The SMILES string of the molecule is CCC(CCBr)CNC(=O)c1ccc(C)nc1C. The van der Waals surface area contributed by atoms with Crippen LogP contribution in [0.1, 0.15) is 41.5 Å².